The van der Waals surface area contributed by atoms with E-state index in [4.69, 9.17) is 10.2 Å². The average molecular weight is 609 g/mol. The summed E-state index contributed by atoms with van der Waals surface area (Å²) in [5.41, 5.74) is 2.48. The predicted octanol–water partition coefficient (Wildman–Crippen LogP) is 7.84. The summed E-state index contributed by atoms with van der Waals surface area (Å²) in [5, 5.41) is 34.9. The van der Waals surface area contributed by atoms with Gasteiger partial charge in [0.2, 0.25) is 0 Å². The minimum atomic E-state index is -0.939. The van der Waals surface area contributed by atoms with Crippen LogP contribution in [-0.4, -0.2) is 51.4 Å². The lowest BCUT2D eigenvalue weighted by molar-refractivity contribution is -0.134. The Morgan fingerprint density at radius 3 is 1.84 bits per heavy atom. The standard InChI is InChI=1S/C30H38O5.C5H12O.CH4O.5H2/c1-15-5-7-19(17(3)28(32)33)11-24-21-9-10-30(26(21)13-22(15)24)25-12-20(18(4)29(34)35)8-6-16(2)23(25)14-27(30)31;1-3-5(6)4-2;1-2;;;;;/h19-26H,1-14H2,(H,32,33)(H,34,35);5-6H,3-4H2,1-2H3;2H,1H3;5*1H/t19?,20?,21-,22?,23?,24?,25?,26?,30-;;;;;;;/m1......./s1. The Bertz CT molecular complexity index is 1140. The summed E-state index contributed by atoms with van der Waals surface area (Å²) in [6, 6.07) is 0. The first-order valence-corrected chi connectivity index (χ1v) is 16.2. The van der Waals surface area contributed by atoms with E-state index in [0.29, 0.717) is 42.0 Å². The number of rotatable bonds is 6. The quantitative estimate of drug-likeness (QED) is 0.178. The predicted molar refractivity (Wildman–Crippen MR) is 179 cm³/mol. The van der Waals surface area contributed by atoms with Crippen LogP contribution < -0.4 is 0 Å². The van der Waals surface area contributed by atoms with Gasteiger partial charge in [-0.05, 0) is 118 Å². The van der Waals surface area contributed by atoms with Crippen molar-refractivity contribution >= 4 is 17.7 Å². The van der Waals surface area contributed by atoms with Crippen molar-refractivity contribution in [1.82, 2.24) is 0 Å². The van der Waals surface area contributed by atoms with E-state index in [2.05, 4.69) is 26.3 Å². The fraction of sp³-hybridized carbons (Fsp3) is 0.694. The van der Waals surface area contributed by atoms with Gasteiger partial charge in [0.15, 0.2) is 0 Å². The van der Waals surface area contributed by atoms with E-state index >= 15 is 0 Å². The molecule has 0 bridgehead atoms. The third-order valence-electron chi connectivity index (χ3n) is 12.0. The lowest BCUT2D eigenvalue weighted by Crippen LogP contribution is -2.39. The Kier molecular flexibility index (Phi) is 11.8. The molecule has 5 saturated carbocycles. The summed E-state index contributed by atoms with van der Waals surface area (Å²) in [6.45, 7) is 20.5. The molecule has 0 amide bonds. The number of hydrogen-bond acceptors (Lipinski definition) is 5. The number of carbonyl (C=O) groups is 3. The molecule has 9 atom stereocenters. The van der Waals surface area contributed by atoms with Crippen LogP contribution in [0.2, 0.25) is 0 Å². The van der Waals surface area contributed by atoms with Crippen LogP contribution in [0, 0.1) is 52.8 Å². The summed E-state index contributed by atoms with van der Waals surface area (Å²) in [7, 11) is 1.00. The van der Waals surface area contributed by atoms with Gasteiger partial charge in [-0.3, -0.25) is 4.79 Å². The summed E-state index contributed by atoms with van der Waals surface area (Å²) in [4.78, 5) is 37.4. The molecule has 250 valence electrons. The number of hydrogen-bond donors (Lipinski definition) is 4. The van der Waals surface area contributed by atoms with Gasteiger partial charge in [0, 0.05) is 37.2 Å². The molecule has 0 aliphatic heterocycles. The number of carbonyl (C=O) groups excluding carboxylic acids is 1. The Morgan fingerprint density at radius 1 is 0.837 bits per heavy atom. The number of Topliss-reactive ketones (excluding diaryl/α,β-unsaturated/α-hetero) is 1. The van der Waals surface area contributed by atoms with Crippen LogP contribution >= 0.6 is 0 Å². The minimum Gasteiger partial charge on any atom is -0.478 e. The molecule has 4 N–H and O–H groups in total. The van der Waals surface area contributed by atoms with E-state index in [-0.39, 0.29) is 48.4 Å². The molecule has 0 aromatic rings. The van der Waals surface area contributed by atoms with Crippen molar-refractivity contribution in [3.63, 3.8) is 0 Å². The van der Waals surface area contributed by atoms with Crippen molar-refractivity contribution in [3.05, 3.63) is 48.6 Å². The van der Waals surface area contributed by atoms with Crippen LogP contribution in [0.5, 0.6) is 0 Å². The third-order valence-corrected chi connectivity index (χ3v) is 12.0. The highest BCUT2D eigenvalue weighted by molar-refractivity contribution is 5.90. The zero-order valence-corrected chi connectivity index (χ0v) is 26.5. The molecule has 0 saturated heterocycles. The molecule has 0 aromatic heterocycles. The van der Waals surface area contributed by atoms with Crippen LogP contribution in [-0.2, 0) is 14.4 Å². The van der Waals surface area contributed by atoms with E-state index in [1.54, 1.807) is 0 Å². The highest BCUT2D eigenvalue weighted by Crippen LogP contribution is 2.70. The zero-order chi connectivity index (χ0) is 32.2. The van der Waals surface area contributed by atoms with E-state index in [9.17, 15) is 24.6 Å². The van der Waals surface area contributed by atoms with E-state index < -0.39 is 17.4 Å². The minimum absolute atomic E-state index is 0. The molecule has 7 nitrogen and oxygen atoms in total. The van der Waals surface area contributed by atoms with Gasteiger partial charge in [0.25, 0.3) is 0 Å². The van der Waals surface area contributed by atoms with Crippen molar-refractivity contribution in [1.29, 1.82) is 0 Å². The van der Waals surface area contributed by atoms with Gasteiger partial charge < -0.3 is 20.4 Å². The molecule has 5 fully saturated rings. The van der Waals surface area contributed by atoms with Gasteiger partial charge in [-0.2, -0.15) is 0 Å². The van der Waals surface area contributed by atoms with Gasteiger partial charge in [0.05, 0.1) is 6.10 Å². The monoisotopic (exact) mass is 608 g/mol. The SMILES string of the molecule is C=C(C(=O)O)C1CCC(=C)C2CC3[C@H](CC[C@]34C(=O)CC3C(=C)CCC(C(=C)C(=O)O)CC34)C2C1.CCC(O)CC.CO.[HH].[HH].[HH].[HH].[HH]. The maximum absolute atomic E-state index is 13.9. The first kappa shape index (κ1) is 35.0. The van der Waals surface area contributed by atoms with E-state index in [1.807, 2.05) is 13.8 Å². The molecule has 0 radical (unpaired) electrons. The molecule has 0 aromatic carbocycles. The Morgan fingerprint density at radius 2 is 1.35 bits per heavy atom. The number of aliphatic hydroxyl groups excluding tert-OH is 2. The van der Waals surface area contributed by atoms with Gasteiger partial charge in [0.1, 0.15) is 5.78 Å². The largest absolute Gasteiger partial charge is 0.478 e. The Labute approximate surface area is 265 Å². The second kappa shape index (κ2) is 14.5. The molecular formula is C36H64O7. The lowest BCUT2D eigenvalue weighted by atomic mass is 9.63. The fourth-order valence-corrected chi connectivity index (χ4v) is 9.57. The number of allylic oxidation sites excluding steroid dienone is 2. The molecule has 1 spiro atoms. The van der Waals surface area contributed by atoms with Crippen LogP contribution in [0.3, 0.4) is 0 Å². The van der Waals surface area contributed by atoms with E-state index in [0.717, 1.165) is 76.9 Å². The lowest BCUT2D eigenvalue weighted by Gasteiger charge is -2.39. The van der Waals surface area contributed by atoms with Gasteiger partial charge in [-0.1, -0.05) is 51.3 Å². The molecule has 7 heteroatoms. The summed E-state index contributed by atoms with van der Waals surface area (Å²) < 4.78 is 0. The maximum Gasteiger partial charge on any atom is 0.331 e. The highest BCUT2D eigenvalue weighted by atomic mass is 16.4. The number of ketones is 1. The van der Waals surface area contributed by atoms with Crippen LogP contribution in [0.1, 0.15) is 98.0 Å². The van der Waals surface area contributed by atoms with Crippen LogP contribution in [0.4, 0.5) is 0 Å². The van der Waals surface area contributed by atoms with E-state index in [1.165, 1.54) is 5.57 Å². The number of carboxylic acids is 2. The smallest absolute Gasteiger partial charge is 0.331 e. The number of carboxylic acid groups (broad SMARTS) is 2. The molecule has 5 aliphatic rings. The first-order valence-electron chi connectivity index (χ1n) is 16.2. The first-order chi connectivity index (χ1) is 20.4. The second-order valence-corrected chi connectivity index (χ2v) is 13.6. The van der Waals surface area contributed by atoms with Crippen molar-refractivity contribution < 1.29 is 41.9 Å². The van der Waals surface area contributed by atoms with Gasteiger partial charge >= 0.3 is 11.9 Å². The molecular weight excluding hydrogens is 544 g/mol. The van der Waals surface area contributed by atoms with Crippen molar-refractivity contribution in [2.75, 3.05) is 7.11 Å². The normalized spacial score (nSPS) is 36.3. The highest BCUT2D eigenvalue weighted by Gasteiger charge is 2.67. The maximum atomic E-state index is 13.9. The van der Waals surface area contributed by atoms with Crippen molar-refractivity contribution in [2.24, 2.45) is 52.8 Å². The molecule has 5 rings (SSSR count). The number of aliphatic hydroxyl groups is 2. The Balaban J connectivity index is -0.00000141. The fourth-order valence-electron chi connectivity index (χ4n) is 9.57. The summed E-state index contributed by atoms with van der Waals surface area (Å²) >= 11 is 0. The number of fused-ring (bicyclic) bond motifs is 6. The Hall–Kier alpha value is -2.51. The molecule has 0 heterocycles. The second-order valence-electron chi connectivity index (χ2n) is 13.6. The zero-order valence-electron chi connectivity index (χ0n) is 26.5. The van der Waals surface area contributed by atoms with Crippen molar-refractivity contribution in [3.8, 4) is 0 Å². The molecule has 43 heavy (non-hydrogen) atoms. The van der Waals surface area contributed by atoms with Crippen LogP contribution in [0.15, 0.2) is 48.6 Å². The van der Waals surface area contributed by atoms with Gasteiger partial charge in [-0.25, -0.2) is 9.59 Å². The topological polar surface area (TPSA) is 132 Å². The van der Waals surface area contributed by atoms with Crippen molar-refractivity contribution in [2.45, 2.75) is 97.0 Å². The summed E-state index contributed by atoms with van der Waals surface area (Å²) in [5.74, 6) is -0.0525. The third kappa shape index (κ3) is 6.63. The summed E-state index contributed by atoms with van der Waals surface area (Å²) in [6.07, 6.45) is 9.69. The van der Waals surface area contributed by atoms with Gasteiger partial charge in [-0.15, -0.1) is 0 Å². The molecule has 7 unspecified atom stereocenters. The number of aliphatic carboxylic acids is 2. The molecule has 5 aliphatic carbocycles. The van der Waals surface area contributed by atoms with Crippen LogP contribution in [0.25, 0.3) is 0 Å². The average Bonchev–Trinajstić information content (AvgIpc) is 3.56.